The number of hydrogen-bond donors (Lipinski definition) is 0. The molecule has 0 atom stereocenters. The molecule has 0 aromatic carbocycles. The quantitative estimate of drug-likeness (QED) is 0.754. The Kier molecular flexibility index (Phi) is 3.87. The number of ether oxygens (including phenoxy) is 1. The van der Waals surface area contributed by atoms with Crippen molar-refractivity contribution in [2.24, 2.45) is 0 Å². The Bertz CT molecular complexity index is 491. The van der Waals surface area contributed by atoms with Crippen LogP contribution in [0.2, 0.25) is 0 Å². The van der Waals surface area contributed by atoms with E-state index in [0.29, 0.717) is 18.2 Å². The van der Waals surface area contributed by atoms with Crippen molar-refractivity contribution in [2.75, 3.05) is 13.2 Å². The van der Waals surface area contributed by atoms with Crippen molar-refractivity contribution < 1.29 is 18.7 Å². The number of carbonyl (C=O) groups excluding carboxylic acids is 2. The first kappa shape index (κ1) is 13.6. The van der Waals surface area contributed by atoms with Crippen molar-refractivity contribution in [1.82, 2.24) is 9.88 Å². The molecule has 0 radical (unpaired) electrons. The number of hydrogen-bond acceptors (Lipinski definition) is 5. The molecule has 1 saturated carbocycles. The van der Waals surface area contributed by atoms with Crippen LogP contribution in [-0.4, -0.2) is 41.0 Å². The van der Waals surface area contributed by atoms with Crippen molar-refractivity contribution in [1.29, 1.82) is 0 Å². The number of carbonyl (C=O) groups is 2. The molecule has 0 spiro atoms. The number of aromatic nitrogens is 1. The lowest BCUT2D eigenvalue weighted by atomic mass is 10.3. The van der Waals surface area contributed by atoms with E-state index in [1.165, 1.54) is 4.90 Å². The number of nitrogens with zero attached hydrogens (tertiary/aromatic N) is 2. The SMILES string of the molecule is CCOC(=O)CN(C(=O)c1oc(C)nc1C)C1CC1. The van der Waals surface area contributed by atoms with E-state index >= 15 is 0 Å². The Hall–Kier alpha value is -1.85. The fraction of sp³-hybridized carbons (Fsp3) is 0.615. The van der Waals surface area contributed by atoms with Gasteiger partial charge in [-0.15, -0.1) is 0 Å². The second-order valence-electron chi connectivity index (χ2n) is 4.62. The van der Waals surface area contributed by atoms with Gasteiger partial charge in [-0.1, -0.05) is 0 Å². The average molecular weight is 266 g/mol. The predicted octanol–water partition coefficient (Wildman–Crippen LogP) is 1.46. The molecule has 0 unspecified atom stereocenters. The molecule has 1 aromatic rings. The molecule has 1 aliphatic carbocycles. The predicted molar refractivity (Wildman–Crippen MR) is 66.7 cm³/mol. The van der Waals surface area contributed by atoms with Crippen molar-refractivity contribution >= 4 is 11.9 Å². The standard InChI is InChI=1S/C13H18N2O4/c1-4-18-11(16)7-15(10-5-6-10)13(17)12-8(2)14-9(3)19-12/h10H,4-7H2,1-3H3. The first-order valence-corrected chi connectivity index (χ1v) is 6.43. The van der Waals surface area contributed by atoms with Gasteiger partial charge in [0, 0.05) is 13.0 Å². The third-order valence-corrected chi connectivity index (χ3v) is 2.95. The minimum Gasteiger partial charge on any atom is -0.465 e. The summed E-state index contributed by atoms with van der Waals surface area (Å²) >= 11 is 0. The number of aryl methyl sites for hydroxylation is 2. The lowest BCUT2D eigenvalue weighted by Gasteiger charge is -2.20. The van der Waals surface area contributed by atoms with Crippen LogP contribution in [0.5, 0.6) is 0 Å². The van der Waals surface area contributed by atoms with Gasteiger partial charge in [-0.3, -0.25) is 9.59 Å². The van der Waals surface area contributed by atoms with Crippen LogP contribution in [0.25, 0.3) is 0 Å². The number of amides is 1. The minimum atomic E-state index is -0.392. The summed E-state index contributed by atoms with van der Waals surface area (Å²) in [5.74, 6) is -0.00766. The molecule has 1 heterocycles. The summed E-state index contributed by atoms with van der Waals surface area (Å²) in [6.07, 6.45) is 1.83. The van der Waals surface area contributed by atoms with Crippen molar-refractivity contribution in [3.63, 3.8) is 0 Å². The smallest absolute Gasteiger partial charge is 0.325 e. The fourth-order valence-electron chi connectivity index (χ4n) is 1.96. The van der Waals surface area contributed by atoms with Crippen molar-refractivity contribution in [3.8, 4) is 0 Å². The highest BCUT2D eigenvalue weighted by Crippen LogP contribution is 2.28. The highest BCUT2D eigenvalue weighted by Gasteiger charge is 2.36. The van der Waals surface area contributed by atoms with E-state index < -0.39 is 5.97 Å². The van der Waals surface area contributed by atoms with Gasteiger partial charge >= 0.3 is 5.97 Å². The maximum atomic E-state index is 12.4. The van der Waals surface area contributed by atoms with E-state index in [9.17, 15) is 9.59 Å². The van der Waals surface area contributed by atoms with Gasteiger partial charge in [0.2, 0.25) is 5.76 Å². The minimum absolute atomic E-state index is 0.0312. The molecule has 0 N–H and O–H groups in total. The molecule has 19 heavy (non-hydrogen) atoms. The van der Waals surface area contributed by atoms with Gasteiger partial charge in [-0.2, -0.15) is 0 Å². The molecule has 0 aliphatic heterocycles. The zero-order chi connectivity index (χ0) is 14.0. The molecular formula is C13H18N2O4. The van der Waals surface area contributed by atoms with E-state index in [2.05, 4.69) is 4.98 Å². The topological polar surface area (TPSA) is 72.6 Å². The molecule has 1 aromatic heterocycles. The molecule has 6 heteroatoms. The highest BCUT2D eigenvalue weighted by atomic mass is 16.5. The number of esters is 1. The zero-order valence-corrected chi connectivity index (χ0v) is 11.4. The van der Waals surface area contributed by atoms with E-state index in [-0.39, 0.29) is 24.3 Å². The number of oxazole rings is 1. The lowest BCUT2D eigenvalue weighted by Crippen LogP contribution is -2.38. The van der Waals surface area contributed by atoms with Crippen LogP contribution in [0.15, 0.2) is 4.42 Å². The second kappa shape index (κ2) is 5.42. The van der Waals surface area contributed by atoms with E-state index in [1.54, 1.807) is 20.8 Å². The lowest BCUT2D eigenvalue weighted by molar-refractivity contribution is -0.144. The van der Waals surface area contributed by atoms with E-state index in [1.807, 2.05) is 0 Å². The molecule has 2 rings (SSSR count). The van der Waals surface area contributed by atoms with Crippen molar-refractivity contribution in [2.45, 2.75) is 39.7 Å². The molecule has 1 amide bonds. The molecule has 6 nitrogen and oxygen atoms in total. The summed E-state index contributed by atoms with van der Waals surface area (Å²) in [7, 11) is 0. The molecular weight excluding hydrogens is 248 g/mol. The van der Waals surface area contributed by atoms with Crippen LogP contribution in [0.1, 0.15) is 41.9 Å². The largest absolute Gasteiger partial charge is 0.465 e. The van der Waals surface area contributed by atoms with Gasteiger partial charge in [-0.25, -0.2) is 4.98 Å². The summed E-state index contributed by atoms with van der Waals surface area (Å²) in [5.41, 5.74) is 0.553. The van der Waals surface area contributed by atoms with Gasteiger partial charge in [0.25, 0.3) is 5.91 Å². The molecule has 104 valence electrons. The van der Waals surface area contributed by atoms with Gasteiger partial charge in [0.15, 0.2) is 5.89 Å². The Morgan fingerprint density at radius 3 is 2.58 bits per heavy atom. The Morgan fingerprint density at radius 2 is 2.11 bits per heavy atom. The Morgan fingerprint density at radius 1 is 1.42 bits per heavy atom. The molecule has 0 bridgehead atoms. The van der Waals surface area contributed by atoms with Gasteiger partial charge in [0.1, 0.15) is 6.54 Å². The van der Waals surface area contributed by atoms with Gasteiger partial charge < -0.3 is 14.1 Å². The average Bonchev–Trinajstić information content (AvgIpc) is 3.11. The first-order valence-electron chi connectivity index (χ1n) is 6.43. The van der Waals surface area contributed by atoms with Crippen LogP contribution >= 0.6 is 0 Å². The molecule has 1 aliphatic rings. The summed E-state index contributed by atoms with van der Waals surface area (Å²) in [4.78, 5) is 29.5. The van der Waals surface area contributed by atoms with Crippen molar-refractivity contribution in [3.05, 3.63) is 17.3 Å². The van der Waals surface area contributed by atoms with Gasteiger partial charge in [-0.05, 0) is 26.7 Å². The summed E-state index contributed by atoms with van der Waals surface area (Å²) < 4.78 is 10.2. The third-order valence-electron chi connectivity index (χ3n) is 2.95. The normalized spacial score (nSPS) is 14.3. The Balaban J connectivity index is 2.13. The molecule has 0 saturated heterocycles. The fourth-order valence-corrected chi connectivity index (χ4v) is 1.96. The first-order chi connectivity index (χ1) is 9.02. The van der Waals surface area contributed by atoms with Gasteiger partial charge in [0.05, 0.1) is 12.3 Å². The monoisotopic (exact) mass is 266 g/mol. The van der Waals surface area contributed by atoms with Crippen LogP contribution < -0.4 is 0 Å². The third kappa shape index (κ3) is 3.13. The summed E-state index contributed by atoms with van der Waals surface area (Å²) in [6, 6.07) is 0.113. The second-order valence-corrected chi connectivity index (χ2v) is 4.62. The zero-order valence-electron chi connectivity index (χ0n) is 11.4. The number of rotatable bonds is 5. The maximum absolute atomic E-state index is 12.4. The summed E-state index contributed by atoms with van der Waals surface area (Å²) in [6.45, 7) is 5.43. The van der Waals surface area contributed by atoms with Crippen LogP contribution in [0, 0.1) is 13.8 Å². The maximum Gasteiger partial charge on any atom is 0.325 e. The highest BCUT2D eigenvalue weighted by molar-refractivity contribution is 5.94. The van der Waals surface area contributed by atoms with E-state index in [4.69, 9.17) is 9.15 Å². The van der Waals surface area contributed by atoms with Crippen LogP contribution in [0.4, 0.5) is 0 Å². The van der Waals surface area contributed by atoms with Crippen LogP contribution in [-0.2, 0) is 9.53 Å². The van der Waals surface area contributed by atoms with E-state index in [0.717, 1.165) is 12.8 Å². The molecule has 1 fully saturated rings. The van der Waals surface area contributed by atoms with Crippen LogP contribution in [0.3, 0.4) is 0 Å². The Labute approximate surface area is 111 Å². The summed E-state index contributed by atoms with van der Waals surface area (Å²) in [5, 5.41) is 0.